The molecule has 1 aliphatic rings. The number of hydrogen-bond donors (Lipinski definition) is 1. The molecule has 0 saturated carbocycles. The maximum Gasteiger partial charge on any atom is 0.254 e. The van der Waals surface area contributed by atoms with Crippen molar-refractivity contribution in [2.24, 2.45) is 0 Å². The highest BCUT2D eigenvalue weighted by Gasteiger charge is 2.18. The van der Waals surface area contributed by atoms with Crippen LogP contribution in [0.25, 0.3) is 0 Å². The van der Waals surface area contributed by atoms with Crippen molar-refractivity contribution >= 4 is 11.9 Å². The molecule has 1 amide bonds. The van der Waals surface area contributed by atoms with Crippen LogP contribution >= 0.6 is 0 Å². The Hall–Kier alpha value is -2.50. The van der Waals surface area contributed by atoms with E-state index in [2.05, 4.69) is 27.1 Å². The monoisotopic (exact) mass is 356 g/mol. The molecule has 0 radical (unpaired) electrons. The normalized spacial score (nSPS) is 14.3. The van der Waals surface area contributed by atoms with Gasteiger partial charge >= 0.3 is 0 Å². The molecule has 1 aliphatic heterocycles. The molecule has 0 unspecified atom stereocenters. The summed E-state index contributed by atoms with van der Waals surface area (Å²) in [6.07, 6.45) is 6.86. The van der Waals surface area contributed by atoms with Crippen LogP contribution in [0.4, 0.5) is 10.3 Å². The van der Waals surface area contributed by atoms with E-state index in [1.165, 1.54) is 18.6 Å². The van der Waals surface area contributed by atoms with Gasteiger partial charge in [-0.2, -0.15) is 0 Å². The topological polar surface area (TPSA) is 58.1 Å². The first-order valence-electron chi connectivity index (χ1n) is 9.31. The van der Waals surface area contributed by atoms with Gasteiger partial charge in [0.15, 0.2) is 0 Å². The minimum atomic E-state index is -0.285. The molecule has 1 aromatic heterocycles. The number of carbonyl (C=O) groups is 1. The highest BCUT2D eigenvalue weighted by atomic mass is 19.1. The molecule has 26 heavy (non-hydrogen) atoms. The molecular formula is C20H25FN4O. The van der Waals surface area contributed by atoms with E-state index in [1.54, 1.807) is 18.3 Å². The number of piperidine rings is 1. The molecule has 6 heteroatoms. The van der Waals surface area contributed by atoms with Gasteiger partial charge in [0.1, 0.15) is 5.82 Å². The Balaban J connectivity index is 1.72. The summed E-state index contributed by atoms with van der Waals surface area (Å²) < 4.78 is 13.0. The number of anilines is 1. The number of carbonyl (C=O) groups excluding carboxylic acids is 1. The van der Waals surface area contributed by atoms with Gasteiger partial charge in [-0.3, -0.25) is 4.79 Å². The third kappa shape index (κ3) is 4.56. The molecule has 1 fully saturated rings. The second-order valence-electron chi connectivity index (χ2n) is 6.64. The van der Waals surface area contributed by atoms with Gasteiger partial charge in [0.2, 0.25) is 5.95 Å². The molecule has 0 aliphatic carbocycles. The number of benzene rings is 1. The summed E-state index contributed by atoms with van der Waals surface area (Å²) in [5.41, 5.74) is 2.16. The van der Waals surface area contributed by atoms with Crippen molar-refractivity contribution in [1.82, 2.24) is 15.3 Å². The molecule has 138 valence electrons. The van der Waals surface area contributed by atoms with Gasteiger partial charge < -0.3 is 10.2 Å². The first-order chi connectivity index (χ1) is 12.7. The molecular weight excluding hydrogens is 331 g/mol. The average molecular weight is 356 g/mol. The quantitative estimate of drug-likeness (QED) is 0.861. The van der Waals surface area contributed by atoms with Crippen molar-refractivity contribution in [2.75, 3.05) is 18.0 Å². The Bertz CT molecular complexity index is 742. The number of halogens is 1. The van der Waals surface area contributed by atoms with E-state index in [0.717, 1.165) is 56.0 Å². The highest BCUT2D eigenvalue weighted by Crippen LogP contribution is 2.18. The van der Waals surface area contributed by atoms with Crippen molar-refractivity contribution in [2.45, 2.75) is 45.6 Å². The number of aryl methyl sites for hydroxylation is 1. The predicted octanol–water partition coefficient (Wildman–Crippen LogP) is 3.49. The van der Waals surface area contributed by atoms with Crippen molar-refractivity contribution < 1.29 is 9.18 Å². The van der Waals surface area contributed by atoms with E-state index >= 15 is 0 Å². The summed E-state index contributed by atoms with van der Waals surface area (Å²) >= 11 is 0. The average Bonchev–Trinajstić information content (AvgIpc) is 2.68. The summed E-state index contributed by atoms with van der Waals surface area (Å²) in [4.78, 5) is 23.9. The first-order valence-corrected chi connectivity index (χ1v) is 9.31. The zero-order valence-corrected chi connectivity index (χ0v) is 15.2. The number of rotatable bonds is 6. The van der Waals surface area contributed by atoms with Crippen molar-refractivity contribution in [3.8, 4) is 0 Å². The first kappa shape index (κ1) is 18.3. The number of hydrogen-bond acceptors (Lipinski definition) is 4. The fourth-order valence-electron chi connectivity index (χ4n) is 3.15. The van der Waals surface area contributed by atoms with Crippen LogP contribution in [0.1, 0.15) is 54.2 Å². The standard InChI is InChI=1S/C20H25FN4O/c1-2-6-18-17(14-23-20(24-18)25-11-4-3-5-12-25)19(26)22-13-15-7-9-16(21)10-8-15/h7-10,14H,2-6,11-13H2,1H3,(H,22,26). The number of nitrogens with one attached hydrogen (secondary N) is 1. The van der Waals surface area contributed by atoms with Crippen LogP contribution in [-0.2, 0) is 13.0 Å². The van der Waals surface area contributed by atoms with Crippen LogP contribution in [-0.4, -0.2) is 29.0 Å². The summed E-state index contributed by atoms with van der Waals surface area (Å²) in [5.74, 6) is 0.248. The predicted molar refractivity (Wildman–Crippen MR) is 99.7 cm³/mol. The van der Waals surface area contributed by atoms with E-state index in [9.17, 15) is 9.18 Å². The second-order valence-corrected chi connectivity index (χ2v) is 6.64. The van der Waals surface area contributed by atoms with Crippen LogP contribution < -0.4 is 10.2 Å². The van der Waals surface area contributed by atoms with Crippen molar-refractivity contribution in [3.63, 3.8) is 0 Å². The Morgan fingerprint density at radius 2 is 1.92 bits per heavy atom. The Morgan fingerprint density at radius 3 is 2.62 bits per heavy atom. The SMILES string of the molecule is CCCc1nc(N2CCCCC2)ncc1C(=O)NCc1ccc(F)cc1. The molecule has 1 N–H and O–H groups in total. The van der Waals surface area contributed by atoms with Gasteiger partial charge in [-0.15, -0.1) is 0 Å². The van der Waals surface area contributed by atoms with Crippen molar-refractivity contribution in [1.29, 1.82) is 0 Å². The number of aromatic nitrogens is 2. The third-order valence-corrected chi connectivity index (χ3v) is 4.59. The molecule has 0 atom stereocenters. The lowest BCUT2D eigenvalue weighted by Gasteiger charge is -2.27. The molecule has 0 bridgehead atoms. The van der Waals surface area contributed by atoms with Gasteiger partial charge in [0.05, 0.1) is 11.3 Å². The zero-order chi connectivity index (χ0) is 18.4. The van der Waals surface area contributed by atoms with Gasteiger partial charge in [-0.05, 0) is 43.4 Å². The van der Waals surface area contributed by atoms with Crippen molar-refractivity contribution in [3.05, 3.63) is 53.1 Å². The van der Waals surface area contributed by atoms with Gasteiger partial charge in [-0.1, -0.05) is 25.5 Å². The molecule has 3 rings (SSSR count). The highest BCUT2D eigenvalue weighted by molar-refractivity contribution is 5.95. The Kier molecular flexibility index (Phi) is 6.15. The number of nitrogens with zero attached hydrogens (tertiary/aromatic N) is 3. The van der Waals surface area contributed by atoms with Gasteiger partial charge in [0.25, 0.3) is 5.91 Å². The maximum absolute atomic E-state index is 13.0. The van der Waals surface area contributed by atoms with Crippen LogP contribution in [0.2, 0.25) is 0 Å². The minimum absolute atomic E-state index is 0.192. The molecule has 1 aromatic carbocycles. The molecule has 5 nitrogen and oxygen atoms in total. The summed E-state index contributed by atoms with van der Waals surface area (Å²) in [5, 5.41) is 2.88. The van der Waals surface area contributed by atoms with Crippen LogP contribution in [0.5, 0.6) is 0 Å². The fourth-order valence-corrected chi connectivity index (χ4v) is 3.15. The Labute approximate surface area is 153 Å². The molecule has 1 saturated heterocycles. The van der Waals surface area contributed by atoms with E-state index in [4.69, 9.17) is 0 Å². The second kappa shape index (κ2) is 8.74. The largest absolute Gasteiger partial charge is 0.348 e. The zero-order valence-electron chi connectivity index (χ0n) is 15.2. The fraction of sp³-hybridized carbons (Fsp3) is 0.450. The van der Waals surface area contributed by atoms with Crippen LogP contribution in [0.3, 0.4) is 0 Å². The summed E-state index contributed by atoms with van der Waals surface area (Å²) in [6, 6.07) is 6.11. The van der Waals surface area contributed by atoms with Crippen LogP contribution in [0, 0.1) is 5.82 Å². The van der Waals surface area contributed by atoms with Gasteiger partial charge in [0, 0.05) is 25.8 Å². The van der Waals surface area contributed by atoms with E-state index in [-0.39, 0.29) is 11.7 Å². The maximum atomic E-state index is 13.0. The minimum Gasteiger partial charge on any atom is -0.348 e. The summed E-state index contributed by atoms with van der Waals surface area (Å²) in [7, 11) is 0. The van der Waals surface area contributed by atoms with E-state index in [0.29, 0.717) is 12.1 Å². The van der Waals surface area contributed by atoms with E-state index < -0.39 is 0 Å². The van der Waals surface area contributed by atoms with Crippen LogP contribution in [0.15, 0.2) is 30.5 Å². The number of amides is 1. The third-order valence-electron chi connectivity index (χ3n) is 4.59. The lowest BCUT2D eigenvalue weighted by molar-refractivity contribution is 0.0949. The lowest BCUT2D eigenvalue weighted by atomic mass is 10.1. The lowest BCUT2D eigenvalue weighted by Crippen LogP contribution is -2.32. The Morgan fingerprint density at radius 1 is 1.19 bits per heavy atom. The smallest absolute Gasteiger partial charge is 0.254 e. The molecule has 0 spiro atoms. The van der Waals surface area contributed by atoms with E-state index in [1.807, 2.05) is 0 Å². The molecule has 2 heterocycles. The molecule has 2 aromatic rings. The summed E-state index contributed by atoms with van der Waals surface area (Å²) in [6.45, 7) is 4.37. The van der Waals surface area contributed by atoms with Gasteiger partial charge in [-0.25, -0.2) is 14.4 Å².